The van der Waals surface area contributed by atoms with Gasteiger partial charge in [-0.05, 0) is 128 Å². The zero-order valence-electron chi connectivity index (χ0n) is 50.0. The topological polar surface area (TPSA) is 255 Å². The highest BCUT2D eigenvalue weighted by Crippen LogP contribution is 2.31. The number of rotatable bonds is 25. The van der Waals surface area contributed by atoms with Crippen molar-refractivity contribution < 1.29 is 65.6 Å². The van der Waals surface area contributed by atoms with Gasteiger partial charge >= 0.3 is 0 Å². The number of anilines is 1. The lowest BCUT2D eigenvalue weighted by molar-refractivity contribution is -0.987. The molecule has 18 nitrogen and oxygen atoms in total. The van der Waals surface area contributed by atoms with Crippen LogP contribution in [0, 0.1) is 36.6 Å². The molecule has 0 saturated carbocycles. The maximum Gasteiger partial charge on any atom is 0.229 e. The number of carbonyl (C=O) groups is 1. The van der Waals surface area contributed by atoms with Crippen molar-refractivity contribution in [2.24, 2.45) is 5.41 Å². The van der Waals surface area contributed by atoms with Crippen molar-refractivity contribution in [2.75, 3.05) is 96.5 Å². The molecule has 0 amide bonds. The first-order valence-corrected chi connectivity index (χ1v) is 32.3. The Labute approximate surface area is 493 Å². The van der Waals surface area contributed by atoms with Gasteiger partial charge in [0.05, 0.1) is 30.3 Å². The number of sulfonamides is 1. The summed E-state index contributed by atoms with van der Waals surface area (Å²) < 4.78 is 63.3. The number of hydrogen-bond acceptors (Lipinski definition) is 15. The van der Waals surface area contributed by atoms with E-state index < -0.39 is 53.6 Å². The molecule has 5 N–H and O–H groups in total. The van der Waals surface area contributed by atoms with Gasteiger partial charge in [-0.25, -0.2) is 16.8 Å². The van der Waals surface area contributed by atoms with Crippen molar-refractivity contribution in [3.05, 3.63) is 164 Å². The van der Waals surface area contributed by atoms with Gasteiger partial charge in [-0.1, -0.05) is 93.6 Å². The predicted molar refractivity (Wildman–Crippen MR) is 326 cm³/mol. The average Bonchev–Trinajstić information content (AvgIpc) is 3.50. The Kier molecular flexibility index (Phi) is 25.6. The number of hydrogen-bond donors (Lipinski definition) is 5. The molecule has 1 aliphatic heterocycles. The minimum atomic E-state index is -3.26. The van der Waals surface area contributed by atoms with Gasteiger partial charge in [0.2, 0.25) is 10.0 Å². The maximum atomic E-state index is 13.1. The fraction of sp³-hybridized carbons (Fsp3) is 0.508. The number of likely N-dealkylation sites (N-methyl/N-ethyl adjacent to an activating group) is 1. The Hall–Kier alpha value is -5.49. The van der Waals surface area contributed by atoms with Crippen molar-refractivity contribution in [2.45, 2.75) is 110 Å². The molecule has 5 aromatic carbocycles. The van der Waals surface area contributed by atoms with Crippen LogP contribution in [0.3, 0.4) is 0 Å². The largest absolute Gasteiger partial charge is 0.632 e. The Morgan fingerprint density at radius 3 is 1.87 bits per heavy atom. The number of Topliss-reactive ketones (excluding diaryl/α,β-unsaturated/α-hetero) is 1. The lowest BCUT2D eigenvalue weighted by Gasteiger charge is -2.54. The van der Waals surface area contributed by atoms with E-state index in [4.69, 9.17) is 14.2 Å². The van der Waals surface area contributed by atoms with Gasteiger partial charge in [-0.15, -0.1) is 0 Å². The molecule has 2 aliphatic rings. The van der Waals surface area contributed by atoms with Crippen molar-refractivity contribution >= 4 is 31.3 Å². The van der Waals surface area contributed by atoms with Gasteiger partial charge in [-0.2, -0.15) is 0 Å². The van der Waals surface area contributed by atoms with E-state index in [1.807, 2.05) is 101 Å². The number of fused-ring (bicyclic) bond motifs is 1. The molecule has 2 unspecified atom stereocenters. The second-order valence-electron chi connectivity index (χ2n) is 23.9. The molecular formula is C63H90N4O14S2. The van der Waals surface area contributed by atoms with Crippen LogP contribution in [0.4, 0.5) is 5.69 Å². The SMILES string of the molecule is CC(C)(C)CCC(O)COc1cccc2c1C[C@H](O)[C@H](O)C2.CN(CCOc1ccc(CS(C)(=O)=O)cc1)CCc1ccc(NS(C)(=O)=O)cc1.Cc1ccccc1OCC(O)C[N+]1([O-])CC[N+]([O-])(CC(=O)Cc2c(C)cccc2C)CC1. The number of nitrogens with one attached hydrogen (secondary N) is 1. The van der Waals surface area contributed by atoms with E-state index in [9.17, 15) is 52.5 Å². The van der Waals surface area contributed by atoms with Crippen molar-refractivity contribution in [1.29, 1.82) is 0 Å². The fourth-order valence-electron chi connectivity index (χ4n) is 9.77. The number of benzene rings is 5. The molecule has 1 aliphatic carbocycles. The van der Waals surface area contributed by atoms with Crippen LogP contribution in [-0.4, -0.2) is 173 Å². The van der Waals surface area contributed by atoms with Crippen LogP contribution < -0.4 is 18.9 Å². The molecule has 4 atom stereocenters. The fourth-order valence-corrected chi connectivity index (χ4v) is 11.1. The van der Waals surface area contributed by atoms with Crippen molar-refractivity contribution in [3.8, 4) is 17.2 Å². The number of hydroxylamine groups is 6. The zero-order valence-corrected chi connectivity index (χ0v) is 51.6. The van der Waals surface area contributed by atoms with E-state index in [1.54, 1.807) is 36.4 Å². The number of carbonyl (C=O) groups excluding carboxylic acids is 1. The van der Waals surface area contributed by atoms with Crippen LogP contribution in [0.1, 0.15) is 78.1 Å². The van der Waals surface area contributed by atoms with Crippen molar-refractivity contribution in [3.63, 3.8) is 0 Å². The second-order valence-corrected chi connectivity index (χ2v) is 27.7. The monoisotopic (exact) mass is 1190 g/mol. The summed E-state index contributed by atoms with van der Waals surface area (Å²) in [5.74, 6) is 2.03. The summed E-state index contributed by atoms with van der Waals surface area (Å²) in [5.41, 5.74) is 8.62. The lowest BCUT2D eigenvalue weighted by atomic mass is 9.87. The Morgan fingerprint density at radius 2 is 1.25 bits per heavy atom. The Morgan fingerprint density at radius 1 is 0.699 bits per heavy atom. The van der Waals surface area contributed by atoms with E-state index in [1.165, 1.54) is 6.26 Å². The molecule has 1 heterocycles. The molecule has 0 aromatic heterocycles. The molecular weight excluding hydrogens is 1100 g/mol. The third-order valence-electron chi connectivity index (χ3n) is 14.7. The summed E-state index contributed by atoms with van der Waals surface area (Å²) in [6.45, 7) is 14.9. The van der Waals surface area contributed by atoms with Crippen LogP contribution in [0.5, 0.6) is 17.2 Å². The summed E-state index contributed by atoms with van der Waals surface area (Å²) >= 11 is 0. The molecule has 0 spiro atoms. The van der Waals surface area contributed by atoms with Gasteiger partial charge in [0.25, 0.3) is 0 Å². The van der Waals surface area contributed by atoms with Gasteiger partial charge in [0.15, 0.2) is 15.6 Å². The minimum Gasteiger partial charge on any atom is -0.632 e. The van der Waals surface area contributed by atoms with E-state index in [2.05, 4.69) is 30.4 Å². The van der Waals surface area contributed by atoms with Crippen molar-refractivity contribution in [1.82, 2.24) is 4.90 Å². The molecule has 5 aromatic rings. The van der Waals surface area contributed by atoms with E-state index >= 15 is 0 Å². The predicted octanol–water partition coefficient (Wildman–Crippen LogP) is 7.04. The van der Waals surface area contributed by atoms with Crippen LogP contribution in [0.15, 0.2) is 109 Å². The van der Waals surface area contributed by atoms with Gasteiger partial charge in [0, 0.05) is 49.9 Å². The third-order valence-corrected chi connectivity index (χ3v) is 16.2. The first-order valence-electron chi connectivity index (χ1n) is 28.4. The summed E-state index contributed by atoms with van der Waals surface area (Å²) in [4.78, 5) is 14.8. The number of aliphatic hydroxyl groups is 4. The number of ketones is 1. The number of sulfone groups is 1. The van der Waals surface area contributed by atoms with Crippen LogP contribution in [0.2, 0.25) is 0 Å². The standard InChI is InChI=1S/C25H34N2O5.C20H28N2O5S2.C18H28O4/c1-19-8-6-9-20(2)24(19)15-22(28)16-26(30)11-13-27(31,14-12-26)17-23(29)18-32-25-10-5-4-7-21(25)3;1-22(13-12-17-4-8-19(9-5-17)21-29(3,25)26)14-15-27-20-10-6-18(7-11-20)16-28(2,23)24;1-18(2,3)8-7-13(19)11-22-17-6-4-5-12-9-15(20)16(21)10-14(12)17/h4-10,23,29H,11-18H2,1-3H3;4-11,21H,12-16H2,1-3H3;4-6,13,15-16,19-21H,7-11H2,1-3H3/t;;13?,15-,16+/m..1/s1. The van der Waals surface area contributed by atoms with E-state index in [0.717, 1.165) is 76.7 Å². The number of ether oxygens (including phenoxy) is 3. The first-order chi connectivity index (χ1) is 38.9. The van der Waals surface area contributed by atoms with Crippen LogP contribution in [-0.2, 0) is 56.1 Å². The van der Waals surface area contributed by atoms with E-state index in [-0.39, 0.29) is 75.9 Å². The molecule has 458 valence electrons. The second kappa shape index (κ2) is 31.1. The van der Waals surface area contributed by atoms with Crippen LogP contribution >= 0.6 is 0 Å². The number of aryl methyl sites for hydroxylation is 3. The Bertz CT molecular complexity index is 3040. The Balaban J connectivity index is 0.000000232. The zero-order chi connectivity index (χ0) is 61.2. The summed E-state index contributed by atoms with van der Waals surface area (Å²) in [5, 5.41) is 66.1. The number of quaternary nitrogens is 2. The molecule has 7 rings (SSSR count). The highest BCUT2D eigenvalue weighted by Gasteiger charge is 2.35. The minimum absolute atomic E-state index is 0.0256. The maximum absolute atomic E-state index is 13.1. The number of aliphatic hydroxyl groups excluding tert-OH is 4. The number of piperazine rings is 1. The summed E-state index contributed by atoms with van der Waals surface area (Å²) in [7, 11) is -4.28. The van der Waals surface area contributed by atoms with E-state index in [0.29, 0.717) is 48.8 Å². The van der Waals surface area contributed by atoms with Gasteiger partial charge in [0.1, 0.15) is 82.4 Å². The highest BCUT2D eigenvalue weighted by molar-refractivity contribution is 7.92. The molecule has 0 radical (unpaired) electrons. The highest BCUT2D eigenvalue weighted by atomic mass is 32.2. The average molecular weight is 1190 g/mol. The third kappa shape index (κ3) is 24.9. The number of nitrogens with zero attached hydrogens (tertiary/aromatic N) is 3. The van der Waals surface area contributed by atoms with Crippen LogP contribution in [0.25, 0.3) is 0 Å². The summed E-state index contributed by atoms with van der Waals surface area (Å²) in [6, 6.07) is 33.5. The van der Waals surface area contributed by atoms with Gasteiger partial charge in [-0.3, -0.25) is 9.52 Å². The molecule has 1 fully saturated rings. The summed E-state index contributed by atoms with van der Waals surface area (Å²) in [6.07, 6.45) is 3.04. The molecule has 0 bridgehead atoms. The van der Waals surface area contributed by atoms with Gasteiger partial charge < -0.3 is 59.2 Å². The normalized spacial score (nSPS) is 19.7. The molecule has 83 heavy (non-hydrogen) atoms. The quantitative estimate of drug-likeness (QED) is 0.0290. The lowest BCUT2D eigenvalue weighted by Crippen LogP contribution is -2.65. The molecule has 1 saturated heterocycles. The first kappa shape index (κ1) is 68.3. The smallest absolute Gasteiger partial charge is 0.229 e. The molecule has 20 heteroatoms. The number of para-hydroxylation sites is 1.